The number of nitrogens with zero attached hydrogens (tertiary/aromatic N) is 3. The summed E-state index contributed by atoms with van der Waals surface area (Å²) in [5, 5.41) is 19.5. The van der Waals surface area contributed by atoms with Crippen LogP contribution in [0, 0.1) is 0 Å². The van der Waals surface area contributed by atoms with Gasteiger partial charge in [0.05, 0.1) is 6.20 Å². The number of aliphatic carboxylic acids is 1. The van der Waals surface area contributed by atoms with Crippen LogP contribution in [-0.2, 0) is 11.3 Å². The predicted octanol–water partition coefficient (Wildman–Crippen LogP) is 0.767. The topological polar surface area (TPSA) is 97.1 Å². The quantitative estimate of drug-likeness (QED) is 0.833. The number of amides is 1. The van der Waals surface area contributed by atoms with Gasteiger partial charge in [0.25, 0.3) is 5.91 Å². The lowest BCUT2D eigenvalue weighted by atomic mass is 9.95. The number of carbonyl (C=O) groups excluding carboxylic acids is 1. The molecule has 7 nitrogen and oxygen atoms in total. The first-order valence-corrected chi connectivity index (χ1v) is 7.83. The van der Waals surface area contributed by atoms with Gasteiger partial charge in [-0.05, 0) is 25.5 Å². The van der Waals surface area contributed by atoms with Crippen LogP contribution < -0.4 is 5.32 Å². The van der Waals surface area contributed by atoms with Crippen LogP contribution in [0.15, 0.2) is 6.20 Å². The van der Waals surface area contributed by atoms with E-state index in [0.717, 1.165) is 23.9 Å². The van der Waals surface area contributed by atoms with Gasteiger partial charge in [-0.25, -0.2) is 4.68 Å². The van der Waals surface area contributed by atoms with E-state index in [2.05, 4.69) is 21.9 Å². The molecule has 1 saturated carbocycles. The van der Waals surface area contributed by atoms with Gasteiger partial charge in [0.2, 0.25) is 0 Å². The van der Waals surface area contributed by atoms with Crippen LogP contribution in [0.3, 0.4) is 0 Å². The molecule has 8 heteroatoms. The lowest BCUT2D eigenvalue weighted by Crippen LogP contribution is -2.39. The lowest BCUT2D eigenvalue weighted by molar-refractivity contribution is -0.137. The van der Waals surface area contributed by atoms with Crippen LogP contribution in [0.4, 0.5) is 0 Å². The Morgan fingerprint density at radius 3 is 3.05 bits per heavy atom. The van der Waals surface area contributed by atoms with E-state index in [1.165, 1.54) is 12.6 Å². The Hall–Kier alpha value is -1.57. The molecule has 2 N–H and O–H groups in total. The number of carboxylic acid groups (broad SMARTS) is 1. The van der Waals surface area contributed by atoms with Crippen molar-refractivity contribution < 1.29 is 14.7 Å². The maximum Gasteiger partial charge on any atom is 0.325 e. The molecule has 0 aliphatic heterocycles. The third kappa shape index (κ3) is 3.96. The number of nitrogens with one attached hydrogen (secondary N) is 1. The van der Waals surface area contributed by atoms with Crippen molar-refractivity contribution in [2.45, 2.75) is 43.5 Å². The normalized spacial score (nSPS) is 22.4. The predicted molar refractivity (Wildman–Crippen MR) is 74.7 cm³/mol. The zero-order chi connectivity index (χ0) is 14.5. The molecule has 2 unspecified atom stereocenters. The van der Waals surface area contributed by atoms with Crippen LogP contribution >= 0.6 is 11.8 Å². The van der Waals surface area contributed by atoms with Crippen LogP contribution in [0.5, 0.6) is 0 Å². The highest BCUT2D eigenvalue weighted by atomic mass is 32.2. The number of carboxylic acids is 1. The molecule has 110 valence electrons. The first-order chi connectivity index (χ1) is 9.58. The second kappa shape index (κ2) is 6.74. The summed E-state index contributed by atoms with van der Waals surface area (Å²) in [5.41, 5.74) is 0.164. The molecule has 0 bridgehead atoms. The van der Waals surface area contributed by atoms with Gasteiger partial charge in [0.1, 0.15) is 6.54 Å². The van der Waals surface area contributed by atoms with E-state index in [4.69, 9.17) is 5.11 Å². The maximum absolute atomic E-state index is 12.0. The second-order valence-corrected chi connectivity index (χ2v) is 6.03. The summed E-state index contributed by atoms with van der Waals surface area (Å²) in [6.07, 6.45) is 7.71. The van der Waals surface area contributed by atoms with Crippen molar-refractivity contribution in [3.8, 4) is 0 Å². The third-order valence-corrected chi connectivity index (χ3v) is 4.46. The number of hydrogen-bond donors (Lipinski definition) is 2. The van der Waals surface area contributed by atoms with Crippen molar-refractivity contribution in [1.29, 1.82) is 0 Å². The molecule has 1 amide bonds. The molecule has 0 radical (unpaired) electrons. The molecule has 0 spiro atoms. The highest BCUT2D eigenvalue weighted by Gasteiger charge is 2.24. The van der Waals surface area contributed by atoms with E-state index in [0.29, 0.717) is 5.25 Å². The van der Waals surface area contributed by atoms with Crippen molar-refractivity contribution in [1.82, 2.24) is 20.3 Å². The monoisotopic (exact) mass is 298 g/mol. The smallest absolute Gasteiger partial charge is 0.325 e. The van der Waals surface area contributed by atoms with Gasteiger partial charge in [-0.1, -0.05) is 11.6 Å². The van der Waals surface area contributed by atoms with Gasteiger partial charge >= 0.3 is 5.97 Å². The van der Waals surface area contributed by atoms with Gasteiger partial charge in [-0.3, -0.25) is 9.59 Å². The number of aromatic nitrogens is 3. The van der Waals surface area contributed by atoms with Crippen LogP contribution in [-0.4, -0.2) is 49.5 Å². The Bertz CT molecular complexity index is 491. The van der Waals surface area contributed by atoms with E-state index in [9.17, 15) is 9.59 Å². The molecule has 1 aliphatic carbocycles. The molecular weight excluding hydrogens is 280 g/mol. The fourth-order valence-corrected chi connectivity index (χ4v) is 3.19. The average Bonchev–Trinajstić information content (AvgIpc) is 2.86. The average molecular weight is 298 g/mol. The lowest BCUT2D eigenvalue weighted by Gasteiger charge is -2.28. The number of thioether (sulfide) groups is 1. The second-order valence-electron chi connectivity index (χ2n) is 4.89. The van der Waals surface area contributed by atoms with E-state index >= 15 is 0 Å². The van der Waals surface area contributed by atoms with Gasteiger partial charge in [0.15, 0.2) is 5.69 Å². The van der Waals surface area contributed by atoms with E-state index in [-0.39, 0.29) is 24.2 Å². The fourth-order valence-electron chi connectivity index (χ4n) is 2.37. The molecule has 1 heterocycles. The molecule has 0 saturated heterocycles. The number of carbonyl (C=O) groups is 2. The summed E-state index contributed by atoms with van der Waals surface area (Å²) < 4.78 is 1.14. The molecule has 1 aromatic rings. The Morgan fingerprint density at radius 2 is 2.35 bits per heavy atom. The summed E-state index contributed by atoms with van der Waals surface area (Å²) >= 11 is 1.83. The standard InChI is InChI=1S/C12H18N4O3S/c1-20-9-4-2-3-8(5-9)13-12(19)10-6-16(15-14-10)7-11(17)18/h6,8-9H,2-5,7H2,1H3,(H,13,19)(H,17,18). The Labute approximate surface area is 121 Å². The number of rotatable bonds is 5. The zero-order valence-corrected chi connectivity index (χ0v) is 12.1. The Kier molecular flexibility index (Phi) is 4.99. The maximum atomic E-state index is 12.0. The van der Waals surface area contributed by atoms with Crippen molar-refractivity contribution in [3.05, 3.63) is 11.9 Å². The first kappa shape index (κ1) is 14.8. The largest absolute Gasteiger partial charge is 0.480 e. The van der Waals surface area contributed by atoms with Crippen LogP contribution in [0.2, 0.25) is 0 Å². The van der Waals surface area contributed by atoms with Crippen molar-refractivity contribution in [2.75, 3.05) is 6.26 Å². The molecule has 2 rings (SSSR count). The minimum absolute atomic E-state index is 0.164. The minimum Gasteiger partial charge on any atom is -0.480 e. The molecule has 2 atom stereocenters. The number of hydrogen-bond acceptors (Lipinski definition) is 5. The summed E-state index contributed by atoms with van der Waals surface area (Å²) in [5.74, 6) is -1.30. The zero-order valence-electron chi connectivity index (χ0n) is 11.3. The third-order valence-electron chi connectivity index (χ3n) is 3.36. The van der Waals surface area contributed by atoms with Crippen molar-refractivity contribution in [3.63, 3.8) is 0 Å². The molecule has 1 aliphatic rings. The van der Waals surface area contributed by atoms with Gasteiger partial charge in [-0.2, -0.15) is 11.8 Å². The van der Waals surface area contributed by atoms with Crippen molar-refractivity contribution in [2.24, 2.45) is 0 Å². The molecule has 0 aromatic carbocycles. The fraction of sp³-hybridized carbons (Fsp3) is 0.667. The SMILES string of the molecule is CSC1CCCC(NC(=O)c2cn(CC(=O)O)nn2)C1. The highest BCUT2D eigenvalue weighted by molar-refractivity contribution is 7.99. The van der Waals surface area contributed by atoms with Gasteiger partial charge < -0.3 is 10.4 Å². The van der Waals surface area contributed by atoms with Gasteiger partial charge in [-0.15, -0.1) is 5.10 Å². The van der Waals surface area contributed by atoms with E-state index in [1.807, 2.05) is 11.8 Å². The van der Waals surface area contributed by atoms with E-state index in [1.54, 1.807) is 0 Å². The first-order valence-electron chi connectivity index (χ1n) is 6.54. The highest BCUT2D eigenvalue weighted by Crippen LogP contribution is 2.26. The summed E-state index contributed by atoms with van der Waals surface area (Å²) in [6, 6.07) is 0.165. The molecular formula is C12H18N4O3S. The summed E-state index contributed by atoms with van der Waals surface area (Å²) in [7, 11) is 0. The molecule has 1 fully saturated rings. The van der Waals surface area contributed by atoms with Crippen LogP contribution in [0.25, 0.3) is 0 Å². The Balaban J connectivity index is 1.91. The Morgan fingerprint density at radius 1 is 1.55 bits per heavy atom. The molecule has 20 heavy (non-hydrogen) atoms. The summed E-state index contributed by atoms with van der Waals surface area (Å²) in [6.45, 7) is -0.293. The van der Waals surface area contributed by atoms with E-state index < -0.39 is 5.97 Å². The van der Waals surface area contributed by atoms with Crippen LogP contribution in [0.1, 0.15) is 36.2 Å². The minimum atomic E-state index is -1.02. The van der Waals surface area contributed by atoms with Gasteiger partial charge in [0, 0.05) is 11.3 Å². The summed E-state index contributed by atoms with van der Waals surface area (Å²) in [4.78, 5) is 22.6. The molecule has 1 aromatic heterocycles. The van der Waals surface area contributed by atoms with Crippen molar-refractivity contribution >= 4 is 23.6 Å².